The van der Waals surface area contributed by atoms with Crippen molar-refractivity contribution in [2.75, 3.05) is 6.54 Å². The largest absolute Gasteiger partial charge is 0.479 e. The minimum atomic E-state index is -1.49. The molecule has 21 heavy (non-hydrogen) atoms. The molecule has 1 aromatic rings. The molecule has 1 heterocycles. The van der Waals surface area contributed by atoms with Crippen LogP contribution < -0.4 is 10.9 Å². The molecule has 1 rings (SSSR count). The van der Waals surface area contributed by atoms with E-state index in [1.165, 1.54) is 0 Å². The average molecular weight is 297 g/mol. The zero-order chi connectivity index (χ0) is 16.0. The van der Waals surface area contributed by atoms with Crippen molar-refractivity contribution in [2.45, 2.75) is 39.2 Å². The van der Waals surface area contributed by atoms with E-state index >= 15 is 0 Å². The molecule has 116 valence electrons. The van der Waals surface area contributed by atoms with E-state index < -0.39 is 12.1 Å². The summed E-state index contributed by atoms with van der Waals surface area (Å²) in [5.74, 6) is -1.11. The van der Waals surface area contributed by atoms with E-state index in [0.29, 0.717) is 17.1 Å². The standard InChI is InChI=1S/C13H19N3O5/c1-7-9(12(19)16-8(2)15-7)3-4-11(18)14-6-5-10(17)13(20)21/h10,17H,3-6H2,1-2H3,(H,14,18)(H,20,21)(H,15,16,19)/t10-/m0/s1. The van der Waals surface area contributed by atoms with Gasteiger partial charge in [0.2, 0.25) is 5.91 Å². The van der Waals surface area contributed by atoms with E-state index in [2.05, 4.69) is 15.3 Å². The number of amides is 1. The number of nitrogens with one attached hydrogen (secondary N) is 2. The summed E-state index contributed by atoms with van der Waals surface area (Å²) in [7, 11) is 0. The predicted molar refractivity (Wildman–Crippen MR) is 73.9 cm³/mol. The fourth-order valence-electron chi connectivity index (χ4n) is 1.84. The second-order valence-corrected chi connectivity index (χ2v) is 4.71. The van der Waals surface area contributed by atoms with Gasteiger partial charge in [-0.15, -0.1) is 0 Å². The second kappa shape index (κ2) is 7.53. The molecule has 8 nitrogen and oxygen atoms in total. The molecule has 0 aliphatic carbocycles. The van der Waals surface area contributed by atoms with Gasteiger partial charge in [0.05, 0.1) is 0 Å². The molecule has 0 saturated heterocycles. The maximum atomic E-state index is 11.7. The van der Waals surface area contributed by atoms with Gasteiger partial charge in [0.15, 0.2) is 6.10 Å². The van der Waals surface area contributed by atoms with Gasteiger partial charge in [-0.2, -0.15) is 0 Å². The minimum Gasteiger partial charge on any atom is -0.479 e. The average Bonchev–Trinajstić information content (AvgIpc) is 2.37. The Morgan fingerprint density at radius 3 is 2.62 bits per heavy atom. The lowest BCUT2D eigenvalue weighted by Gasteiger charge is -2.08. The summed E-state index contributed by atoms with van der Waals surface area (Å²) < 4.78 is 0. The molecule has 0 radical (unpaired) electrons. The first-order valence-electron chi connectivity index (χ1n) is 6.55. The van der Waals surface area contributed by atoms with Crippen LogP contribution in [0.5, 0.6) is 0 Å². The van der Waals surface area contributed by atoms with E-state index in [0.717, 1.165) is 0 Å². The summed E-state index contributed by atoms with van der Waals surface area (Å²) in [6, 6.07) is 0. The Kier molecular flexibility index (Phi) is 6.04. The Morgan fingerprint density at radius 2 is 2.05 bits per heavy atom. The van der Waals surface area contributed by atoms with Crippen molar-refractivity contribution in [1.29, 1.82) is 0 Å². The van der Waals surface area contributed by atoms with Crippen LogP contribution in [0.2, 0.25) is 0 Å². The number of rotatable bonds is 7. The number of hydrogen-bond donors (Lipinski definition) is 4. The fourth-order valence-corrected chi connectivity index (χ4v) is 1.84. The monoisotopic (exact) mass is 297 g/mol. The normalized spacial score (nSPS) is 12.0. The Morgan fingerprint density at radius 1 is 1.38 bits per heavy atom. The van der Waals surface area contributed by atoms with E-state index in [4.69, 9.17) is 10.2 Å². The number of aliphatic hydroxyl groups is 1. The maximum Gasteiger partial charge on any atom is 0.332 e. The van der Waals surface area contributed by atoms with Crippen LogP contribution in [0.25, 0.3) is 0 Å². The number of aryl methyl sites for hydroxylation is 2. The van der Waals surface area contributed by atoms with Crippen molar-refractivity contribution in [3.8, 4) is 0 Å². The Hall–Kier alpha value is -2.22. The Labute approximate surface area is 121 Å². The van der Waals surface area contributed by atoms with Crippen LogP contribution in [0.1, 0.15) is 29.9 Å². The van der Waals surface area contributed by atoms with E-state index in [-0.39, 0.29) is 37.3 Å². The molecule has 1 amide bonds. The van der Waals surface area contributed by atoms with Crippen LogP contribution in [0.3, 0.4) is 0 Å². The number of hydrogen-bond acceptors (Lipinski definition) is 5. The summed E-state index contributed by atoms with van der Waals surface area (Å²) in [5, 5.41) is 20.0. The maximum absolute atomic E-state index is 11.7. The first-order chi connectivity index (χ1) is 9.81. The number of aliphatic hydroxyl groups excluding tert-OH is 1. The van der Waals surface area contributed by atoms with Gasteiger partial charge in [0.1, 0.15) is 5.82 Å². The van der Waals surface area contributed by atoms with Crippen molar-refractivity contribution in [2.24, 2.45) is 0 Å². The van der Waals surface area contributed by atoms with Crippen LogP contribution in [-0.2, 0) is 16.0 Å². The third-order valence-electron chi connectivity index (χ3n) is 2.97. The van der Waals surface area contributed by atoms with Crippen molar-refractivity contribution in [3.05, 3.63) is 27.4 Å². The quantitative estimate of drug-likeness (QED) is 0.524. The molecule has 0 bridgehead atoms. The summed E-state index contributed by atoms with van der Waals surface area (Å²) in [6.07, 6.45) is -1.21. The van der Waals surface area contributed by atoms with Crippen LogP contribution in [0, 0.1) is 13.8 Å². The smallest absolute Gasteiger partial charge is 0.332 e. The lowest BCUT2D eigenvalue weighted by molar-refractivity contribution is -0.147. The van der Waals surface area contributed by atoms with Gasteiger partial charge in [0.25, 0.3) is 5.56 Å². The number of aromatic amines is 1. The zero-order valence-corrected chi connectivity index (χ0v) is 12.0. The molecule has 0 spiro atoms. The van der Waals surface area contributed by atoms with E-state index in [9.17, 15) is 14.4 Å². The van der Waals surface area contributed by atoms with Gasteiger partial charge in [0, 0.05) is 30.6 Å². The highest BCUT2D eigenvalue weighted by Crippen LogP contribution is 2.02. The number of carboxylic acid groups (broad SMARTS) is 1. The lowest BCUT2D eigenvalue weighted by Crippen LogP contribution is -2.30. The highest BCUT2D eigenvalue weighted by Gasteiger charge is 2.13. The first-order valence-corrected chi connectivity index (χ1v) is 6.55. The molecular formula is C13H19N3O5. The minimum absolute atomic E-state index is 0.0627. The Balaban J connectivity index is 2.44. The van der Waals surface area contributed by atoms with Gasteiger partial charge in [-0.3, -0.25) is 9.59 Å². The van der Waals surface area contributed by atoms with Crippen LogP contribution >= 0.6 is 0 Å². The number of carbonyl (C=O) groups is 2. The van der Waals surface area contributed by atoms with Crippen molar-refractivity contribution >= 4 is 11.9 Å². The highest BCUT2D eigenvalue weighted by atomic mass is 16.4. The van der Waals surface area contributed by atoms with Crippen LogP contribution in [0.4, 0.5) is 0 Å². The van der Waals surface area contributed by atoms with Crippen LogP contribution in [-0.4, -0.2) is 44.7 Å². The van der Waals surface area contributed by atoms with Crippen molar-refractivity contribution in [1.82, 2.24) is 15.3 Å². The topological polar surface area (TPSA) is 132 Å². The molecule has 0 saturated carbocycles. The predicted octanol–water partition coefficient (Wildman–Crippen LogP) is -0.729. The SMILES string of the molecule is Cc1nc(C)c(CCC(=O)NCC[C@H](O)C(=O)O)c(=O)[nH]1. The summed E-state index contributed by atoms with van der Waals surface area (Å²) in [5.41, 5.74) is 0.792. The molecule has 0 aliphatic rings. The summed E-state index contributed by atoms with van der Waals surface area (Å²) in [6.45, 7) is 3.45. The number of aromatic nitrogens is 2. The zero-order valence-electron chi connectivity index (χ0n) is 12.0. The molecule has 8 heteroatoms. The van der Waals surface area contributed by atoms with Gasteiger partial charge >= 0.3 is 5.97 Å². The fraction of sp³-hybridized carbons (Fsp3) is 0.538. The third kappa shape index (κ3) is 5.35. The number of carbonyl (C=O) groups excluding carboxylic acids is 1. The van der Waals surface area contributed by atoms with Crippen LogP contribution in [0.15, 0.2) is 4.79 Å². The molecule has 0 aromatic carbocycles. The summed E-state index contributed by atoms with van der Waals surface area (Å²) in [4.78, 5) is 40.4. The number of H-pyrrole nitrogens is 1. The second-order valence-electron chi connectivity index (χ2n) is 4.71. The molecular weight excluding hydrogens is 278 g/mol. The van der Waals surface area contributed by atoms with Gasteiger partial charge < -0.3 is 20.5 Å². The number of aliphatic carboxylic acids is 1. The van der Waals surface area contributed by atoms with Gasteiger partial charge in [-0.05, 0) is 20.3 Å². The van der Waals surface area contributed by atoms with Gasteiger partial charge in [-0.25, -0.2) is 9.78 Å². The lowest BCUT2D eigenvalue weighted by atomic mass is 10.1. The first kappa shape index (κ1) is 16.8. The number of carboxylic acids is 1. The van der Waals surface area contributed by atoms with Crippen molar-refractivity contribution in [3.63, 3.8) is 0 Å². The molecule has 4 N–H and O–H groups in total. The van der Waals surface area contributed by atoms with Gasteiger partial charge in [-0.1, -0.05) is 0 Å². The molecule has 0 unspecified atom stereocenters. The molecule has 1 aromatic heterocycles. The third-order valence-corrected chi connectivity index (χ3v) is 2.97. The Bertz CT molecular complexity index is 582. The van der Waals surface area contributed by atoms with Crippen molar-refractivity contribution < 1.29 is 19.8 Å². The summed E-state index contributed by atoms with van der Waals surface area (Å²) >= 11 is 0. The highest BCUT2D eigenvalue weighted by molar-refractivity contribution is 5.76. The number of nitrogens with zero attached hydrogens (tertiary/aromatic N) is 1. The molecule has 1 atom stereocenters. The van der Waals surface area contributed by atoms with E-state index in [1.807, 2.05) is 0 Å². The molecule has 0 fully saturated rings. The molecule has 0 aliphatic heterocycles. The van der Waals surface area contributed by atoms with E-state index in [1.54, 1.807) is 13.8 Å².